The summed E-state index contributed by atoms with van der Waals surface area (Å²) in [5, 5.41) is 8.47. The normalized spacial score (nSPS) is 11.2. The van der Waals surface area contributed by atoms with E-state index in [0.29, 0.717) is 31.6 Å². The number of carbonyl (C=O) groups is 1. The Bertz CT molecular complexity index is 524. The van der Waals surface area contributed by atoms with Crippen LogP contribution in [0, 0.1) is 0 Å². The summed E-state index contributed by atoms with van der Waals surface area (Å²) in [5.41, 5.74) is 0. The molecule has 2 N–H and O–H groups in total. The molecule has 0 fully saturated rings. The molecule has 0 radical (unpaired) electrons. The molecule has 0 amide bonds. The maximum Gasteiger partial charge on any atom is 0.303 e. The Labute approximate surface area is 118 Å². The Morgan fingerprint density at radius 2 is 1.85 bits per heavy atom. The average Bonchev–Trinajstić information content (AvgIpc) is 2.42. The SMILES string of the molecule is COc1ccc(S(=O)(=O)NCCCCCC(=O)O)cc1. The molecule has 0 bridgehead atoms. The molecule has 0 unspecified atom stereocenters. The van der Waals surface area contributed by atoms with Crippen LogP contribution in [0.3, 0.4) is 0 Å². The standard InChI is InChI=1S/C13H19NO5S/c1-19-11-6-8-12(9-7-11)20(17,18)14-10-4-2-3-5-13(15)16/h6-9,14H,2-5,10H2,1H3,(H,15,16). The first-order valence-corrected chi connectivity index (χ1v) is 7.79. The molecule has 0 heterocycles. The van der Waals surface area contributed by atoms with E-state index in [4.69, 9.17) is 9.84 Å². The lowest BCUT2D eigenvalue weighted by molar-refractivity contribution is -0.137. The lowest BCUT2D eigenvalue weighted by Crippen LogP contribution is -2.24. The van der Waals surface area contributed by atoms with E-state index in [1.165, 1.54) is 19.2 Å². The van der Waals surface area contributed by atoms with Crippen LogP contribution >= 0.6 is 0 Å². The van der Waals surface area contributed by atoms with Crippen molar-refractivity contribution in [3.8, 4) is 5.75 Å². The number of benzene rings is 1. The first-order valence-electron chi connectivity index (χ1n) is 6.31. The molecule has 7 heteroatoms. The van der Waals surface area contributed by atoms with Crippen molar-refractivity contribution in [2.24, 2.45) is 0 Å². The lowest BCUT2D eigenvalue weighted by Gasteiger charge is -2.07. The summed E-state index contributed by atoms with van der Waals surface area (Å²) in [5.74, 6) is -0.235. The maximum absolute atomic E-state index is 11.9. The fourth-order valence-corrected chi connectivity index (χ4v) is 2.70. The third-order valence-corrected chi connectivity index (χ3v) is 4.21. The molecule has 1 aromatic carbocycles. The van der Waals surface area contributed by atoms with Crippen LogP contribution in [0.5, 0.6) is 5.75 Å². The van der Waals surface area contributed by atoms with Crippen LogP contribution in [0.4, 0.5) is 0 Å². The van der Waals surface area contributed by atoms with Crippen molar-refractivity contribution < 1.29 is 23.1 Å². The molecule has 0 spiro atoms. The fourth-order valence-electron chi connectivity index (χ4n) is 1.62. The van der Waals surface area contributed by atoms with Gasteiger partial charge in [-0.3, -0.25) is 4.79 Å². The van der Waals surface area contributed by atoms with Gasteiger partial charge in [0.25, 0.3) is 0 Å². The van der Waals surface area contributed by atoms with E-state index >= 15 is 0 Å². The molecule has 0 atom stereocenters. The molecular weight excluding hydrogens is 282 g/mol. The molecule has 6 nitrogen and oxygen atoms in total. The van der Waals surface area contributed by atoms with E-state index in [1.807, 2.05) is 0 Å². The van der Waals surface area contributed by atoms with Crippen LogP contribution in [0.2, 0.25) is 0 Å². The monoisotopic (exact) mass is 301 g/mol. The minimum absolute atomic E-state index is 0.116. The number of aliphatic carboxylic acids is 1. The highest BCUT2D eigenvalue weighted by atomic mass is 32.2. The van der Waals surface area contributed by atoms with Crippen molar-refractivity contribution in [2.45, 2.75) is 30.6 Å². The summed E-state index contributed by atoms with van der Waals surface area (Å²) in [4.78, 5) is 10.5. The van der Waals surface area contributed by atoms with Crippen molar-refractivity contribution in [2.75, 3.05) is 13.7 Å². The van der Waals surface area contributed by atoms with Crippen LogP contribution in [0.15, 0.2) is 29.2 Å². The highest BCUT2D eigenvalue weighted by Crippen LogP contribution is 2.15. The van der Waals surface area contributed by atoms with E-state index in [9.17, 15) is 13.2 Å². The first kappa shape index (κ1) is 16.5. The van der Waals surface area contributed by atoms with Crippen molar-refractivity contribution in [1.82, 2.24) is 4.72 Å². The molecule has 112 valence electrons. The second-order valence-corrected chi connectivity index (χ2v) is 6.04. The Kier molecular flexibility index (Phi) is 6.47. The largest absolute Gasteiger partial charge is 0.497 e. The zero-order valence-corrected chi connectivity index (χ0v) is 12.1. The van der Waals surface area contributed by atoms with Gasteiger partial charge in [0.2, 0.25) is 10.0 Å². The Hall–Kier alpha value is -1.60. The van der Waals surface area contributed by atoms with Gasteiger partial charge in [0.15, 0.2) is 0 Å². The second-order valence-electron chi connectivity index (χ2n) is 4.28. The number of unbranched alkanes of at least 4 members (excludes halogenated alkanes) is 2. The van der Waals surface area contributed by atoms with Crippen LogP contribution < -0.4 is 9.46 Å². The highest BCUT2D eigenvalue weighted by molar-refractivity contribution is 7.89. The third-order valence-electron chi connectivity index (χ3n) is 2.73. The molecule has 1 aromatic rings. The zero-order valence-electron chi connectivity index (χ0n) is 11.3. The molecular formula is C13H19NO5S. The number of hydrogen-bond donors (Lipinski definition) is 2. The Morgan fingerprint density at radius 1 is 1.20 bits per heavy atom. The van der Waals surface area contributed by atoms with Crippen molar-refractivity contribution in [3.63, 3.8) is 0 Å². The smallest absolute Gasteiger partial charge is 0.303 e. The number of carboxylic acid groups (broad SMARTS) is 1. The number of methoxy groups -OCH3 is 1. The Morgan fingerprint density at radius 3 is 2.40 bits per heavy atom. The highest BCUT2D eigenvalue weighted by Gasteiger charge is 2.12. The van der Waals surface area contributed by atoms with Gasteiger partial charge in [-0.2, -0.15) is 0 Å². The van der Waals surface area contributed by atoms with Gasteiger partial charge in [0.05, 0.1) is 12.0 Å². The predicted molar refractivity (Wildman–Crippen MR) is 74.3 cm³/mol. The minimum Gasteiger partial charge on any atom is -0.497 e. The van der Waals surface area contributed by atoms with Crippen LogP contribution in [-0.2, 0) is 14.8 Å². The van der Waals surface area contributed by atoms with E-state index in [0.717, 1.165) is 0 Å². The van der Waals surface area contributed by atoms with E-state index in [-0.39, 0.29) is 11.3 Å². The van der Waals surface area contributed by atoms with E-state index < -0.39 is 16.0 Å². The molecule has 0 aliphatic rings. The fraction of sp³-hybridized carbons (Fsp3) is 0.462. The zero-order chi connectivity index (χ0) is 15.0. The molecule has 0 aliphatic heterocycles. The Balaban J connectivity index is 2.39. The number of nitrogens with one attached hydrogen (secondary N) is 1. The van der Waals surface area contributed by atoms with Gasteiger partial charge < -0.3 is 9.84 Å². The van der Waals surface area contributed by atoms with E-state index in [1.54, 1.807) is 12.1 Å². The topological polar surface area (TPSA) is 92.7 Å². The lowest BCUT2D eigenvalue weighted by atomic mass is 10.2. The number of sulfonamides is 1. The van der Waals surface area contributed by atoms with Gasteiger partial charge in [-0.25, -0.2) is 13.1 Å². The number of hydrogen-bond acceptors (Lipinski definition) is 4. The summed E-state index contributed by atoms with van der Waals surface area (Å²) in [6.07, 6.45) is 1.96. The van der Waals surface area contributed by atoms with E-state index in [2.05, 4.69) is 4.72 Å². The second kappa shape index (κ2) is 7.86. The molecule has 0 saturated heterocycles. The van der Waals surface area contributed by atoms with Crippen LogP contribution in [0.25, 0.3) is 0 Å². The van der Waals surface area contributed by atoms with Crippen LogP contribution in [0.1, 0.15) is 25.7 Å². The summed E-state index contributed by atoms with van der Waals surface area (Å²) >= 11 is 0. The van der Waals surface area contributed by atoms with Gasteiger partial charge in [0.1, 0.15) is 5.75 Å². The predicted octanol–water partition coefficient (Wildman–Crippen LogP) is 1.62. The van der Waals surface area contributed by atoms with Gasteiger partial charge in [-0.05, 0) is 37.1 Å². The van der Waals surface area contributed by atoms with Crippen molar-refractivity contribution in [1.29, 1.82) is 0 Å². The van der Waals surface area contributed by atoms with Gasteiger partial charge in [-0.15, -0.1) is 0 Å². The van der Waals surface area contributed by atoms with Crippen molar-refractivity contribution in [3.05, 3.63) is 24.3 Å². The van der Waals surface area contributed by atoms with Gasteiger partial charge in [-0.1, -0.05) is 6.42 Å². The maximum atomic E-state index is 11.9. The summed E-state index contributed by atoms with van der Waals surface area (Å²) < 4.78 is 31.3. The molecule has 0 aliphatic carbocycles. The molecule has 1 rings (SSSR count). The van der Waals surface area contributed by atoms with Crippen LogP contribution in [-0.4, -0.2) is 33.1 Å². The van der Waals surface area contributed by atoms with Gasteiger partial charge >= 0.3 is 5.97 Å². The average molecular weight is 301 g/mol. The van der Waals surface area contributed by atoms with Crippen molar-refractivity contribution >= 4 is 16.0 Å². The summed E-state index contributed by atoms with van der Waals surface area (Å²) in [7, 11) is -2.00. The minimum atomic E-state index is -3.51. The quantitative estimate of drug-likeness (QED) is 0.676. The number of rotatable bonds is 9. The molecule has 20 heavy (non-hydrogen) atoms. The summed E-state index contributed by atoms with van der Waals surface area (Å²) in [6, 6.07) is 6.13. The first-order chi connectivity index (χ1) is 9.45. The third kappa shape index (κ3) is 5.58. The number of carboxylic acids is 1. The summed E-state index contributed by atoms with van der Waals surface area (Å²) in [6.45, 7) is 0.300. The number of ether oxygens (including phenoxy) is 1. The molecule has 0 saturated carbocycles. The molecule has 0 aromatic heterocycles. The van der Waals surface area contributed by atoms with Gasteiger partial charge in [0, 0.05) is 13.0 Å².